The lowest BCUT2D eigenvalue weighted by Crippen LogP contribution is -2.41. The average molecular weight is 613 g/mol. The predicted molar refractivity (Wildman–Crippen MR) is 165 cm³/mol. The number of nitrogens with two attached hydrogens (primary N) is 1. The van der Waals surface area contributed by atoms with Crippen molar-refractivity contribution >= 4 is 40.0 Å². The molecule has 45 heavy (non-hydrogen) atoms. The van der Waals surface area contributed by atoms with E-state index >= 15 is 4.39 Å². The predicted octanol–water partition coefficient (Wildman–Crippen LogP) is 3.36. The van der Waals surface area contributed by atoms with Crippen molar-refractivity contribution in [3.8, 4) is 0 Å². The number of benzene rings is 2. The van der Waals surface area contributed by atoms with Crippen molar-refractivity contribution in [3.63, 3.8) is 0 Å². The summed E-state index contributed by atoms with van der Waals surface area (Å²) in [4.78, 5) is 46.7. The van der Waals surface area contributed by atoms with Crippen molar-refractivity contribution in [2.45, 2.75) is 37.6 Å². The SMILES string of the molecule is NC(=O)c1nnc(N2CCCC(n3ccc4cc(C5CC5)cc(F)c4c3=O)C2)nc1Nc1ccc(C(=O)N2CCOCC2)cc1. The second-order valence-corrected chi connectivity index (χ2v) is 11.8. The van der Waals surface area contributed by atoms with Crippen molar-refractivity contribution in [3.05, 3.63) is 81.7 Å². The molecule has 3 fully saturated rings. The fourth-order valence-corrected chi connectivity index (χ4v) is 6.15. The number of nitrogens with zero attached hydrogens (tertiary/aromatic N) is 6. The monoisotopic (exact) mass is 612 g/mol. The lowest BCUT2D eigenvalue weighted by atomic mass is 10.0. The molecule has 3 N–H and O–H groups in total. The van der Waals surface area contributed by atoms with Crippen molar-refractivity contribution in [2.24, 2.45) is 5.73 Å². The summed E-state index contributed by atoms with van der Waals surface area (Å²) in [5.74, 6) is -0.584. The van der Waals surface area contributed by atoms with E-state index in [1.54, 1.807) is 39.9 Å². The maximum Gasteiger partial charge on any atom is 0.273 e. The van der Waals surface area contributed by atoms with Crippen LogP contribution in [0.3, 0.4) is 0 Å². The Morgan fingerprint density at radius 3 is 2.51 bits per heavy atom. The zero-order valence-electron chi connectivity index (χ0n) is 24.6. The summed E-state index contributed by atoms with van der Waals surface area (Å²) < 4.78 is 22.1. The number of aromatic nitrogens is 4. The quantitative estimate of drug-likeness (QED) is 0.321. The number of fused-ring (bicyclic) bond motifs is 1. The molecule has 1 saturated carbocycles. The molecule has 2 amide bonds. The van der Waals surface area contributed by atoms with Crippen LogP contribution in [0.15, 0.2) is 53.5 Å². The number of nitrogens with one attached hydrogen (secondary N) is 1. The molecule has 0 bridgehead atoms. The van der Waals surface area contributed by atoms with Gasteiger partial charge in [0.1, 0.15) is 5.82 Å². The van der Waals surface area contributed by atoms with Crippen LogP contribution in [0.4, 0.5) is 21.8 Å². The number of hydrogen-bond acceptors (Lipinski definition) is 9. The first-order valence-corrected chi connectivity index (χ1v) is 15.2. The highest BCUT2D eigenvalue weighted by atomic mass is 19.1. The lowest BCUT2D eigenvalue weighted by molar-refractivity contribution is 0.0303. The number of amides is 2. The molecule has 232 valence electrons. The first-order chi connectivity index (χ1) is 21.9. The molecule has 2 aliphatic heterocycles. The minimum Gasteiger partial charge on any atom is -0.378 e. The van der Waals surface area contributed by atoms with E-state index in [9.17, 15) is 14.4 Å². The molecule has 13 heteroatoms. The molecule has 0 radical (unpaired) electrons. The summed E-state index contributed by atoms with van der Waals surface area (Å²) in [7, 11) is 0. The number of rotatable bonds is 7. The maximum absolute atomic E-state index is 15.1. The van der Waals surface area contributed by atoms with Crippen molar-refractivity contribution in [2.75, 3.05) is 49.6 Å². The molecule has 1 atom stereocenters. The van der Waals surface area contributed by atoms with Crippen molar-refractivity contribution in [1.82, 2.24) is 24.6 Å². The van der Waals surface area contributed by atoms with E-state index < -0.39 is 11.7 Å². The van der Waals surface area contributed by atoms with Gasteiger partial charge < -0.3 is 30.2 Å². The van der Waals surface area contributed by atoms with Gasteiger partial charge in [0.05, 0.1) is 24.6 Å². The highest BCUT2D eigenvalue weighted by molar-refractivity contribution is 5.97. The van der Waals surface area contributed by atoms with Gasteiger partial charge >= 0.3 is 0 Å². The van der Waals surface area contributed by atoms with Gasteiger partial charge in [-0.1, -0.05) is 6.07 Å². The molecule has 2 aromatic heterocycles. The summed E-state index contributed by atoms with van der Waals surface area (Å²) in [5.41, 5.74) is 7.15. The third kappa shape index (κ3) is 5.82. The summed E-state index contributed by atoms with van der Waals surface area (Å²) in [5, 5.41) is 12.1. The minimum atomic E-state index is -0.797. The Morgan fingerprint density at radius 1 is 1.00 bits per heavy atom. The zero-order chi connectivity index (χ0) is 31.1. The van der Waals surface area contributed by atoms with Crippen LogP contribution in [0, 0.1) is 5.82 Å². The smallest absolute Gasteiger partial charge is 0.273 e. The van der Waals surface area contributed by atoms with Gasteiger partial charge in [0.25, 0.3) is 17.4 Å². The molecule has 4 aromatic rings. The Labute approximate surface area is 258 Å². The molecule has 1 aliphatic carbocycles. The zero-order valence-corrected chi connectivity index (χ0v) is 24.6. The van der Waals surface area contributed by atoms with Gasteiger partial charge in [-0.2, -0.15) is 4.98 Å². The van der Waals surface area contributed by atoms with Gasteiger partial charge in [0, 0.05) is 43.6 Å². The van der Waals surface area contributed by atoms with Gasteiger partial charge in [-0.3, -0.25) is 14.4 Å². The normalized spacial score (nSPS) is 18.6. The number of morpholine rings is 1. The third-order valence-corrected chi connectivity index (χ3v) is 8.73. The van der Waals surface area contributed by atoms with E-state index in [1.807, 2.05) is 17.0 Å². The van der Waals surface area contributed by atoms with Gasteiger partial charge in [-0.25, -0.2) is 4.39 Å². The van der Waals surface area contributed by atoms with Gasteiger partial charge in [0.2, 0.25) is 5.95 Å². The van der Waals surface area contributed by atoms with E-state index in [0.717, 1.165) is 31.2 Å². The van der Waals surface area contributed by atoms with Gasteiger partial charge in [-0.05, 0) is 78.9 Å². The van der Waals surface area contributed by atoms with Crippen LogP contribution in [0.25, 0.3) is 10.8 Å². The summed E-state index contributed by atoms with van der Waals surface area (Å²) >= 11 is 0. The summed E-state index contributed by atoms with van der Waals surface area (Å²) in [6, 6.07) is 11.8. The molecule has 1 unspecified atom stereocenters. The number of piperidine rings is 1. The molecule has 12 nitrogen and oxygen atoms in total. The molecular formula is C32H33FN8O4. The van der Waals surface area contributed by atoms with E-state index in [1.165, 1.54) is 6.07 Å². The van der Waals surface area contributed by atoms with Crippen LogP contribution in [-0.2, 0) is 4.74 Å². The topological polar surface area (TPSA) is 149 Å². The van der Waals surface area contributed by atoms with Gasteiger partial charge in [0.15, 0.2) is 11.5 Å². The standard InChI is InChI=1S/C32H33FN8O4/c33-25-17-22(19-3-4-19)16-21-9-11-41(31(44)26(21)25)24-2-1-10-40(18-24)32-36-29(27(28(34)42)37-38-32)35-23-7-5-20(6-8-23)30(43)39-12-14-45-15-13-39/h5-9,11,16-17,19,24H,1-4,10,12-15,18H2,(H2,34,42)(H,35,36,38). The number of ether oxygens (including phenoxy) is 1. The Morgan fingerprint density at radius 2 is 1.78 bits per heavy atom. The molecule has 2 aromatic carbocycles. The minimum absolute atomic E-state index is 0.0791. The van der Waals surface area contributed by atoms with Gasteiger partial charge in [-0.15, -0.1) is 10.2 Å². The highest BCUT2D eigenvalue weighted by Gasteiger charge is 2.28. The number of primary amides is 1. The van der Waals surface area contributed by atoms with Crippen molar-refractivity contribution in [1.29, 1.82) is 0 Å². The second kappa shape index (κ2) is 11.9. The molecular weight excluding hydrogens is 579 g/mol. The van der Waals surface area contributed by atoms with E-state index in [2.05, 4.69) is 20.5 Å². The van der Waals surface area contributed by atoms with E-state index in [4.69, 9.17) is 10.5 Å². The number of hydrogen-bond donors (Lipinski definition) is 2. The molecule has 0 spiro atoms. The van der Waals surface area contributed by atoms with E-state index in [0.29, 0.717) is 61.9 Å². The van der Waals surface area contributed by atoms with Crippen LogP contribution in [-0.4, -0.2) is 75.9 Å². The number of pyridine rings is 1. The van der Waals surface area contributed by atoms with Crippen LogP contribution in [0.2, 0.25) is 0 Å². The van der Waals surface area contributed by atoms with Crippen molar-refractivity contribution < 1.29 is 18.7 Å². The number of carbonyl (C=O) groups is 2. The van der Waals surface area contributed by atoms with E-state index in [-0.39, 0.29) is 40.4 Å². The summed E-state index contributed by atoms with van der Waals surface area (Å²) in [6.45, 7) is 3.11. The van der Waals surface area contributed by atoms with Crippen LogP contribution < -0.4 is 21.5 Å². The number of halogens is 1. The number of anilines is 3. The fraction of sp³-hybridized carbons (Fsp3) is 0.375. The molecule has 2 saturated heterocycles. The maximum atomic E-state index is 15.1. The molecule has 4 heterocycles. The average Bonchev–Trinajstić information content (AvgIpc) is 3.91. The Kier molecular flexibility index (Phi) is 7.61. The Balaban J connectivity index is 1.11. The first-order valence-electron chi connectivity index (χ1n) is 15.2. The lowest BCUT2D eigenvalue weighted by Gasteiger charge is -2.33. The first kappa shape index (κ1) is 28.8. The molecule has 7 rings (SSSR count). The third-order valence-electron chi connectivity index (χ3n) is 8.73. The highest BCUT2D eigenvalue weighted by Crippen LogP contribution is 2.41. The Bertz CT molecular complexity index is 1840. The Hall–Kier alpha value is -4.91. The fourth-order valence-electron chi connectivity index (χ4n) is 6.15. The van der Waals surface area contributed by atoms with Crippen LogP contribution in [0.1, 0.15) is 64.1 Å². The second-order valence-electron chi connectivity index (χ2n) is 11.8. The largest absolute Gasteiger partial charge is 0.378 e. The molecule has 3 aliphatic rings. The number of carbonyl (C=O) groups excluding carboxylic acids is 2. The summed E-state index contributed by atoms with van der Waals surface area (Å²) in [6.07, 6.45) is 5.30. The van der Waals surface area contributed by atoms with Crippen LogP contribution >= 0.6 is 0 Å². The van der Waals surface area contributed by atoms with Crippen LogP contribution in [0.5, 0.6) is 0 Å².